The molecule has 3 N–H and O–H groups in total. The average molecular weight is 219 g/mol. The summed E-state index contributed by atoms with van der Waals surface area (Å²) in [7, 11) is -4.86. The molecule has 0 aromatic carbocycles. The molecular weight excluding hydrogens is 212 g/mol. The van der Waals surface area contributed by atoms with Gasteiger partial charge in [0.15, 0.2) is 0 Å². The van der Waals surface area contributed by atoms with Crippen molar-refractivity contribution in [2.75, 3.05) is 13.1 Å². The molecule has 0 amide bonds. The molecule has 0 fully saturated rings. The number of nitrogens with two attached hydrogens (primary N) is 1. The molecule has 0 aliphatic carbocycles. The third kappa shape index (κ3) is 11.5. The van der Waals surface area contributed by atoms with E-state index in [0.29, 0.717) is 0 Å². The maximum absolute atomic E-state index is 9.65. The van der Waals surface area contributed by atoms with E-state index in [4.69, 9.17) is 5.73 Å². The summed E-state index contributed by atoms with van der Waals surface area (Å²) < 4.78 is 13.2. The zero-order chi connectivity index (χ0) is 7.33. The Balaban J connectivity index is 0. The second-order valence-electron chi connectivity index (χ2n) is 1.22. The third-order valence-corrected chi connectivity index (χ3v) is 0.775. The van der Waals surface area contributed by atoms with Crippen molar-refractivity contribution in [2.45, 2.75) is 0 Å². The van der Waals surface area contributed by atoms with Crippen molar-refractivity contribution in [3.8, 4) is 0 Å². The largest absolute Gasteiger partial charge is 2.00 e. The summed E-state index contributed by atoms with van der Waals surface area (Å²) in [6.07, 6.45) is 0. The van der Waals surface area contributed by atoms with Gasteiger partial charge < -0.3 is 20.1 Å². The summed E-state index contributed by atoms with van der Waals surface area (Å²) in [6, 6.07) is 0. The predicted molar refractivity (Wildman–Crippen MR) is 25.7 cm³/mol. The van der Waals surface area contributed by atoms with Crippen LogP contribution in [0.15, 0.2) is 0 Å². The zero-order valence-corrected chi connectivity index (χ0v) is 9.14. The van der Waals surface area contributed by atoms with E-state index in [-0.39, 0.29) is 32.6 Å². The van der Waals surface area contributed by atoms with Crippen LogP contribution in [0.4, 0.5) is 0 Å². The first-order valence-corrected chi connectivity index (χ1v) is 3.66. The van der Waals surface area contributed by atoms with E-state index in [2.05, 4.69) is 4.62 Å². The van der Waals surface area contributed by atoms with Crippen LogP contribution in [0.3, 0.4) is 0 Å². The summed E-state index contributed by atoms with van der Waals surface area (Å²) in [4.78, 5) is 19.3. The van der Waals surface area contributed by atoms with E-state index in [1.165, 1.54) is 0 Å². The van der Waals surface area contributed by atoms with Crippen LogP contribution in [0.25, 0.3) is 0 Å². The zero-order valence-electron chi connectivity index (χ0n) is 5.28. The van der Waals surface area contributed by atoms with Gasteiger partial charge in [-0.25, -0.2) is 0 Å². The van der Waals surface area contributed by atoms with Crippen LogP contribution in [-0.2, 0) is 28.7 Å². The Kier molecular flexibility index (Phi) is 8.44. The molecule has 0 spiro atoms. The molecule has 0 aromatic rings. The molecule has 6 nitrogen and oxygen atoms in total. The van der Waals surface area contributed by atoms with Crippen molar-refractivity contribution < 1.29 is 38.5 Å². The number of hydroxylamine groups is 1. The molecule has 0 atom stereocenters. The van der Waals surface area contributed by atoms with Gasteiger partial charge in [-0.3, -0.25) is 4.62 Å². The minimum absolute atomic E-state index is 0. The quantitative estimate of drug-likeness (QED) is 0.230. The Labute approximate surface area is 71.1 Å². The maximum atomic E-state index is 9.65. The second-order valence-corrected chi connectivity index (χ2v) is 2.30. The van der Waals surface area contributed by atoms with E-state index in [1.807, 2.05) is 5.48 Å². The summed E-state index contributed by atoms with van der Waals surface area (Å²) in [6.45, 7) is 0.342. The molecule has 0 rings (SSSR count). The molecule has 0 aliphatic heterocycles. The van der Waals surface area contributed by atoms with Crippen LogP contribution in [0.5, 0.6) is 0 Å². The van der Waals surface area contributed by atoms with E-state index >= 15 is 0 Å². The van der Waals surface area contributed by atoms with Gasteiger partial charge in [0.2, 0.25) is 0 Å². The molecule has 0 unspecified atom stereocenters. The standard InChI is InChI=1S/C2H9N2O4P.Zn/c3-1-2-4-8-9(5,6)7;/h4H,1-3H2,(H2,5,6,7);/q;+2/p-2. The Bertz CT molecular complexity index is 116. The maximum Gasteiger partial charge on any atom is 2.00 e. The van der Waals surface area contributed by atoms with Crippen molar-refractivity contribution in [3.63, 3.8) is 0 Å². The number of nitrogens with one attached hydrogen (secondary N) is 1. The molecular formula is C2H7N2O4PZn. The molecule has 0 aliphatic rings. The number of phosphoric acid groups is 1. The minimum atomic E-state index is -4.86. The van der Waals surface area contributed by atoms with Crippen LogP contribution >= 0.6 is 7.82 Å². The van der Waals surface area contributed by atoms with Crippen molar-refractivity contribution in [2.24, 2.45) is 5.73 Å². The van der Waals surface area contributed by atoms with Crippen LogP contribution in [0.2, 0.25) is 0 Å². The van der Waals surface area contributed by atoms with Gasteiger partial charge in [-0.05, 0) is 0 Å². The molecule has 0 radical (unpaired) electrons. The molecule has 0 bridgehead atoms. The van der Waals surface area contributed by atoms with Crippen molar-refractivity contribution >= 4 is 7.82 Å². The summed E-state index contributed by atoms with van der Waals surface area (Å²) in [5, 5.41) is 0. The Morgan fingerprint density at radius 2 is 2.10 bits per heavy atom. The van der Waals surface area contributed by atoms with Gasteiger partial charge in [0.05, 0.1) is 7.82 Å². The topological polar surface area (TPSA) is 110 Å². The number of rotatable bonds is 4. The SMILES string of the molecule is NCCNOP(=O)([O-])[O-].[Zn+2]. The van der Waals surface area contributed by atoms with Crippen molar-refractivity contribution in [1.82, 2.24) is 5.48 Å². The van der Waals surface area contributed by atoms with Gasteiger partial charge in [-0.15, -0.1) is 0 Å². The predicted octanol–water partition coefficient (Wildman–Crippen LogP) is -2.71. The van der Waals surface area contributed by atoms with Gasteiger partial charge in [-0.2, -0.15) is 5.48 Å². The first-order valence-electron chi connectivity index (χ1n) is 2.20. The molecule has 8 heteroatoms. The summed E-state index contributed by atoms with van der Waals surface area (Å²) in [5.74, 6) is 0. The molecule has 0 saturated heterocycles. The van der Waals surface area contributed by atoms with Crippen LogP contribution in [0.1, 0.15) is 0 Å². The Hall–Kier alpha value is 0.653. The second kappa shape index (κ2) is 6.37. The first-order chi connectivity index (χ1) is 4.06. The molecule has 0 saturated carbocycles. The number of hydrogen-bond donors (Lipinski definition) is 2. The van der Waals surface area contributed by atoms with Crippen molar-refractivity contribution in [3.05, 3.63) is 0 Å². The smallest absolute Gasteiger partial charge is 0.788 e. The van der Waals surface area contributed by atoms with Gasteiger partial charge in [0, 0.05) is 13.1 Å². The van der Waals surface area contributed by atoms with Crippen LogP contribution in [0, 0.1) is 0 Å². The monoisotopic (exact) mass is 218 g/mol. The van der Waals surface area contributed by atoms with E-state index in [0.717, 1.165) is 0 Å². The molecule has 56 valence electrons. The van der Waals surface area contributed by atoms with E-state index in [9.17, 15) is 14.4 Å². The van der Waals surface area contributed by atoms with Crippen LogP contribution < -0.4 is 21.0 Å². The fourth-order valence-corrected chi connectivity index (χ4v) is 0.433. The normalized spacial score (nSPS) is 10.7. The molecule has 10 heavy (non-hydrogen) atoms. The summed E-state index contributed by atoms with van der Waals surface area (Å²) in [5.41, 5.74) is 6.78. The Morgan fingerprint density at radius 3 is 2.40 bits per heavy atom. The van der Waals surface area contributed by atoms with E-state index in [1.54, 1.807) is 0 Å². The molecule has 0 aromatic heterocycles. The average Bonchev–Trinajstić information content (AvgIpc) is 1.63. The molecule has 0 heterocycles. The van der Waals surface area contributed by atoms with Gasteiger partial charge >= 0.3 is 19.5 Å². The fraction of sp³-hybridized carbons (Fsp3) is 1.00. The number of hydrogen-bond acceptors (Lipinski definition) is 6. The van der Waals surface area contributed by atoms with Crippen LogP contribution in [-0.4, -0.2) is 13.1 Å². The van der Waals surface area contributed by atoms with Gasteiger partial charge in [0.1, 0.15) is 0 Å². The van der Waals surface area contributed by atoms with Gasteiger partial charge in [0.25, 0.3) is 0 Å². The van der Waals surface area contributed by atoms with E-state index < -0.39 is 7.82 Å². The third-order valence-electron chi connectivity index (χ3n) is 0.423. The minimum Gasteiger partial charge on any atom is -0.788 e. The fourth-order valence-electron chi connectivity index (χ4n) is 0.184. The Morgan fingerprint density at radius 1 is 1.60 bits per heavy atom. The van der Waals surface area contributed by atoms with Crippen molar-refractivity contribution in [1.29, 1.82) is 0 Å². The summed E-state index contributed by atoms with van der Waals surface area (Å²) >= 11 is 0. The first kappa shape index (κ1) is 13.3. The van der Waals surface area contributed by atoms with Gasteiger partial charge in [-0.1, -0.05) is 0 Å².